The van der Waals surface area contributed by atoms with Gasteiger partial charge in [-0.25, -0.2) is 0 Å². The molecule has 2 aromatic carbocycles. The molecule has 0 atom stereocenters. The Morgan fingerprint density at radius 3 is 2.33 bits per heavy atom. The molecule has 30 heavy (non-hydrogen) atoms. The number of fused-ring (bicyclic) bond motifs is 1. The van der Waals surface area contributed by atoms with Crippen molar-refractivity contribution in [3.63, 3.8) is 0 Å². The van der Waals surface area contributed by atoms with Gasteiger partial charge in [-0.2, -0.15) is 0 Å². The Labute approximate surface area is 168 Å². The first-order chi connectivity index (χ1) is 14.1. The number of carbonyl (C=O) groups excluding carboxylic acids is 3. The maximum atomic E-state index is 12.5. The predicted octanol–water partition coefficient (Wildman–Crippen LogP) is 2.05. The monoisotopic (exact) mass is 414 g/mol. The van der Waals surface area contributed by atoms with Crippen LogP contribution in [0, 0.1) is 27.2 Å². The molecule has 0 saturated heterocycles. The molecule has 1 heterocycles. The minimum atomic E-state index is -0.827. The standard InChI is InChI=1S/C18H14N4O8/c1-9-5-14(22(28)29)15(30-2)7-13(9)19-16(23)8-20-17(24)11-4-3-10(21(26)27)6-12(11)18(20)25/h3-7H,8H2,1-2H3,(H,19,23). The van der Waals surface area contributed by atoms with E-state index in [1.807, 2.05) is 0 Å². The van der Waals surface area contributed by atoms with Crippen molar-refractivity contribution in [3.8, 4) is 5.75 Å². The third-order valence-corrected chi connectivity index (χ3v) is 4.46. The highest BCUT2D eigenvalue weighted by Crippen LogP contribution is 2.33. The van der Waals surface area contributed by atoms with Crippen molar-refractivity contribution in [3.05, 3.63) is 67.3 Å². The number of rotatable bonds is 6. The Kier molecular flexibility index (Phi) is 5.15. The minimum Gasteiger partial charge on any atom is -0.490 e. The number of nitro groups is 2. The van der Waals surface area contributed by atoms with E-state index in [0.29, 0.717) is 10.5 Å². The summed E-state index contributed by atoms with van der Waals surface area (Å²) < 4.78 is 4.96. The van der Waals surface area contributed by atoms with Gasteiger partial charge in [0.15, 0.2) is 5.75 Å². The molecular formula is C18H14N4O8. The molecule has 0 spiro atoms. The molecule has 12 heteroatoms. The molecular weight excluding hydrogens is 400 g/mol. The zero-order chi connectivity index (χ0) is 22.2. The second-order valence-corrected chi connectivity index (χ2v) is 6.33. The Bertz CT molecular complexity index is 1130. The Balaban J connectivity index is 1.80. The molecule has 0 aromatic heterocycles. The van der Waals surface area contributed by atoms with Crippen LogP contribution in [0.25, 0.3) is 0 Å². The van der Waals surface area contributed by atoms with E-state index in [4.69, 9.17) is 4.74 Å². The average Bonchev–Trinajstić information content (AvgIpc) is 2.93. The van der Waals surface area contributed by atoms with Crippen molar-refractivity contribution in [1.82, 2.24) is 4.90 Å². The molecule has 154 valence electrons. The summed E-state index contributed by atoms with van der Waals surface area (Å²) in [5.74, 6) is -2.39. The fraction of sp³-hybridized carbons (Fsp3) is 0.167. The lowest BCUT2D eigenvalue weighted by atomic mass is 10.1. The number of imide groups is 1. The van der Waals surface area contributed by atoms with Crippen LogP contribution in [0.5, 0.6) is 5.75 Å². The van der Waals surface area contributed by atoms with Crippen molar-refractivity contribution < 1.29 is 29.0 Å². The number of hydrogen-bond donors (Lipinski definition) is 1. The van der Waals surface area contributed by atoms with E-state index in [1.54, 1.807) is 0 Å². The van der Waals surface area contributed by atoms with Gasteiger partial charge < -0.3 is 10.1 Å². The molecule has 3 amide bonds. The number of nitrogens with zero attached hydrogens (tertiary/aromatic N) is 3. The van der Waals surface area contributed by atoms with Crippen molar-refractivity contribution in [2.24, 2.45) is 0 Å². The SMILES string of the molecule is COc1cc(NC(=O)CN2C(=O)c3ccc([N+](=O)[O-])cc3C2=O)c(C)cc1[N+](=O)[O-]. The summed E-state index contributed by atoms with van der Waals surface area (Å²) in [7, 11) is 1.24. The minimum absolute atomic E-state index is 0.0356. The maximum Gasteiger partial charge on any atom is 0.311 e. The third kappa shape index (κ3) is 3.53. The summed E-state index contributed by atoms with van der Waals surface area (Å²) in [6.45, 7) is 0.891. The number of methoxy groups -OCH3 is 1. The number of hydrogen-bond acceptors (Lipinski definition) is 8. The van der Waals surface area contributed by atoms with E-state index in [-0.39, 0.29) is 33.9 Å². The number of amides is 3. The van der Waals surface area contributed by atoms with Crippen LogP contribution in [0.2, 0.25) is 0 Å². The van der Waals surface area contributed by atoms with E-state index >= 15 is 0 Å². The van der Waals surface area contributed by atoms with Crippen molar-refractivity contribution >= 4 is 34.8 Å². The molecule has 0 aliphatic carbocycles. The molecule has 1 aliphatic heterocycles. The summed E-state index contributed by atoms with van der Waals surface area (Å²) in [5.41, 5.74) is -0.255. The van der Waals surface area contributed by atoms with Crippen LogP contribution in [0.1, 0.15) is 26.3 Å². The van der Waals surface area contributed by atoms with Gasteiger partial charge in [0.2, 0.25) is 5.91 Å². The highest BCUT2D eigenvalue weighted by atomic mass is 16.6. The highest BCUT2D eigenvalue weighted by Gasteiger charge is 2.38. The van der Waals surface area contributed by atoms with Gasteiger partial charge >= 0.3 is 5.69 Å². The number of aryl methyl sites for hydroxylation is 1. The first-order valence-electron chi connectivity index (χ1n) is 8.41. The number of anilines is 1. The number of nitro benzene ring substituents is 2. The van der Waals surface area contributed by atoms with Crippen molar-refractivity contribution in [2.45, 2.75) is 6.92 Å². The number of carbonyl (C=O) groups is 3. The summed E-state index contributed by atoms with van der Waals surface area (Å²) >= 11 is 0. The molecule has 0 fully saturated rings. The van der Waals surface area contributed by atoms with Gasteiger partial charge in [0.1, 0.15) is 6.54 Å². The quantitative estimate of drug-likeness (QED) is 0.426. The van der Waals surface area contributed by atoms with E-state index in [1.165, 1.54) is 26.2 Å². The zero-order valence-electron chi connectivity index (χ0n) is 15.7. The number of nitrogens with one attached hydrogen (secondary N) is 1. The fourth-order valence-electron chi connectivity index (χ4n) is 2.98. The average molecular weight is 414 g/mol. The molecule has 3 rings (SSSR count). The van der Waals surface area contributed by atoms with Crippen LogP contribution < -0.4 is 10.1 Å². The van der Waals surface area contributed by atoms with Gasteiger partial charge in [-0.15, -0.1) is 0 Å². The van der Waals surface area contributed by atoms with E-state index in [9.17, 15) is 34.6 Å². The maximum absolute atomic E-state index is 12.5. The molecule has 0 bridgehead atoms. The molecule has 0 unspecified atom stereocenters. The Morgan fingerprint density at radius 1 is 1.07 bits per heavy atom. The largest absolute Gasteiger partial charge is 0.490 e. The van der Waals surface area contributed by atoms with Crippen LogP contribution in [-0.4, -0.2) is 46.1 Å². The van der Waals surface area contributed by atoms with Gasteiger partial charge in [-0.3, -0.25) is 39.5 Å². The van der Waals surface area contributed by atoms with Crippen LogP contribution in [0.4, 0.5) is 17.1 Å². The highest BCUT2D eigenvalue weighted by molar-refractivity contribution is 6.23. The second-order valence-electron chi connectivity index (χ2n) is 6.33. The van der Waals surface area contributed by atoms with Gasteiger partial charge in [0.25, 0.3) is 17.5 Å². The zero-order valence-corrected chi connectivity index (χ0v) is 15.7. The van der Waals surface area contributed by atoms with Gasteiger partial charge in [0, 0.05) is 30.0 Å². The van der Waals surface area contributed by atoms with E-state index in [0.717, 1.165) is 18.2 Å². The predicted molar refractivity (Wildman–Crippen MR) is 101 cm³/mol. The lowest BCUT2D eigenvalue weighted by Gasteiger charge is -2.15. The topological polar surface area (TPSA) is 162 Å². The molecule has 1 aliphatic rings. The van der Waals surface area contributed by atoms with E-state index < -0.39 is 34.1 Å². The summed E-state index contributed by atoms with van der Waals surface area (Å²) in [5, 5.41) is 24.4. The smallest absolute Gasteiger partial charge is 0.311 e. The molecule has 0 radical (unpaired) electrons. The lowest BCUT2D eigenvalue weighted by molar-refractivity contribution is -0.385. The Morgan fingerprint density at radius 2 is 1.73 bits per heavy atom. The van der Waals surface area contributed by atoms with Crippen molar-refractivity contribution in [1.29, 1.82) is 0 Å². The van der Waals surface area contributed by atoms with Crippen LogP contribution >= 0.6 is 0 Å². The Hall–Kier alpha value is -4.35. The van der Waals surface area contributed by atoms with Crippen LogP contribution in [0.3, 0.4) is 0 Å². The van der Waals surface area contributed by atoms with Gasteiger partial charge in [-0.05, 0) is 18.6 Å². The van der Waals surface area contributed by atoms with Crippen LogP contribution in [0.15, 0.2) is 30.3 Å². The molecule has 2 aromatic rings. The first kappa shape index (κ1) is 20.4. The second kappa shape index (κ2) is 7.58. The van der Waals surface area contributed by atoms with Crippen LogP contribution in [-0.2, 0) is 4.79 Å². The number of non-ortho nitro benzene ring substituents is 1. The third-order valence-electron chi connectivity index (χ3n) is 4.46. The first-order valence-corrected chi connectivity index (χ1v) is 8.41. The molecule has 0 saturated carbocycles. The molecule has 1 N–H and O–H groups in total. The molecule has 12 nitrogen and oxygen atoms in total. The van der Waals surface area contributed by atoms with E-state index in [2.05, 4.69) is 5.32 Å². The number of ether oxygens (including phenoxy) is 1. The summed E-state index contributed by atoms with van der Waals surface area (Å²) in [6, 6.07) is 5.72. The van der Waals surface area contributed by atoms with Gasteiger partial charge in [0.05, 0.1) is 28.1 Å². The summed E-state index contributed by atoms with van der Waals surface area (Å²) in [6.07, 6.45) is 0. The van der Waals surface area contributed by atoms with Gasteiger partial charge in [-0.1, -0.05) is 0 Å². The normalized spacial score (nSPS) is 12.5. The lowest BCUT2D eigenvalue weighted by Crippen LogP contribution is -2.37. The fourth-order valence-corrected chi connectivity index (χ4v) is 2.98. The number of benzene rings is 2. The summed E-state index contributed by atoms with van der Waals surface area (Å²) in [4.78, 5) is 58.6. The van der Waals surface area contributed by atoms with Crippen molar-refractivity contribution in [2.75, 3.05) is 19.0 Å².